The maximum absolute atomic E-state index is 12.4. The molecule has 1 N–H and O–H groups in total. The van der Waals surface area contributed by atoms with Crippen molar-refractivity contribution in [2.45, 2.75) is 44.8 Å². The van der Waals surface area contributed by atoms with Gasteiger partial charge in [0.15, 0.2) is 0 Å². The van der Waals surface area contributed by atoms with Crippen LogP contribution in [-0.2, 0) is 4.74 Å². The molecule has 1 saturated heterocycles. The van der Waals surface area contributed by atoms with E-state index in [9.17, 15) is 4.79 Å². The number of methoxy groups -OCH3 is 1. The van der Waals surface area contributed by atoms with E-state index >= 15 is 0 Å². The molecule has 0 aliphatic carbocycles. The van der Waals surface area contributed by atoms with Crippen LogP contribution in [0.3, 0.4) is 0 Å². The van der Waals surface area contributed by atoms with Crippen molar-refractivity contribution in [1.29, 1.82) is 0 Å². The van der Waals surface area contributed by atoms with Crippen LogP contribution in [0, 0.1) is 0 Å². The molecule has 1 amide bonds. The summed E-state index contributed by atoms with van der Waals surface area (Å²) >= 11 is 0. The molecule has 2 aliphatic rings. The summed E-state index contributed by atoms with van der Waals surface area (Å²) in [5, 5.41) is 3.42. The molecule has 24 heavy (non-hydrogen) atoms. The van der Waals surface area contributed by atoms with Gasteiger partial charge in [0.1, 0.15) is 22.7 Å². The summed E-state index contributed by atoms with van der Waals surface area (Å²) in [5.74, 6) is 1.53. The number of amides is 1. The molecule has 1 unspecified atom stereocenters. The molecule has 0 radical (unpaired) electrons. The van der Waals surface area contributed by atoms with E-state index in [1.54, 1.807) is 12.0 Å². The van der Waals surface area contributed by atoms with Crippen LogP contribution in [0.15, 0.2) is 18.2 Å². The standard InChI is InChI=1S/C18H26N2O4/c1-17(2,3)24-16(21)20-9-5-8-18(12-20)11-19-14-7-6-13(22-4)10-15(14)23-18/h6-7,10,19H,5,8-9,11-12H2,1-4H3. The Bertz CT molecular complexity index is 626. The number of likely N-dealkylation sites (tertiary alicyclic amines) is 1. The van der Waals surface area contributed by atoms with E-state index in [-0.39, 0.29) is 6.09 Å². The first kappa shape index (κ1) is 16.7. The molecule has 0 aromatic heterocycles. The Kier molecular flexibility index (Phi) is 4.24. The normalized spacial score (nSPS) is 23.1. The van der Waals surface area contributed by atoms with E-state index in [2.05, 4.69) is 5.32 Å². The first-order valence-electron chi connectivity index (χ1n) is 8.39. The van der Waals surface area contributed by atoms with Crippen molar-refractivity contribution in [1.82, 2.24) is 4.90 Å². The maximum Gasteiger partial charge on any atom is 0.410 e. The smallest absolute Gasteiger partial charge is 0.410 e. The lowest BCUT2D eigenvalue weighted by Crippen LogP contribution is -2.58. The van der Waals surface area contributed by atoms with Gasteiger partial charge < -0.3 is 24.4 Å². The second-order valence-electron chi connectivity index (χ2n) is 7.51. The van der Waals surface area contributed by atoms with Crippen molar-refractivity contribution in [2.24, 2.45) is 0 Å². The molecular weight excluding hydrogens is 308 g/mol. The van der Waals surface area contributed by atoms with Gasteiger partial charge in [-0.3, -0.25) is 0 Å². The van der Waals surface area contributed by atoms with E-state index in [1.165, 1.54) is 0 Å². The highest BCUT2D eigenvalue weighted by Crippen LogP contribution is 2.39. The van der Waals surface area contributed by atoms with Gasteiger partial charge >= 0.3 is 6.09 Å². The number of nitrogens with one attached hydrogen (secondary N) is 1. The van der Waals surface area contributed by atoms with Gasteiger partial charge in [0.2, 0.25) is 0 Å². The monoisotopic (exact) mass is 334 g/mol. The Morgan fingerprint density at radius 2 is 2.17 bits per heavy atom. The number of nitrogens with zero attached hydrogens (tertiary/aromatic N) is 1. The molecule has 132 valence electrons. The highest BCUT2D eigenvalue weighted by Gasteiger charge is 2.42. The number of hydrogen-bond donors (Lipinski definition) is 1. The number of carbonyl (C=O) groups is 1. The van der Waals surface area contributed by atoms with Crippen molar-refractivity contribution >= 4 is 11.8 Å². The average molecular weight is 334 g/mol. The summed E-state index contributed by atoms with van der Waals surface area (Å²) in [6.07, 6.45) is 1.51. The summed E-state index contributed by atoms with van der Waals surface area (Å²) in [5.41, 5.74) is 0.0396. The van der Waals surface area contributed by atoms with Crippen molar-refractivity contribution in [3.05, 3.63) is 18.2 Å². The predicted molar refractivity (Wildman–Crippen MR) is 91.9 cm³/mol. The Balaban J connectivity index is 1.75. The van der Waals surface area contributed by atoms with Gasteiger partial charge in [-0.15, -0.1) is 0 Å². The van der Waals surface area contributed by atoms with Crippen LogP contribution in [0.25, 0.3) is 0 Å². The van der Waals surface area contributed by atoms with E-state index < -0.39 is 11.2 Å². The van der Waals surface area contributed by atoms with Gasteiger partial charge in [0, 0.05) is 12.6 Å². The number of hydrogen-bond acceptors (Lipinski definition) is 5. The molecule has 2 heterocycles. The molecule has 1 spiro atoms. The van der Waals surface area contributed by atoms with Crippen LogP contribution >= 0.6 is 0 Å². The Labute approximate surface area is 143 Å². The summed E-state index contributed by atoms with van der Waals surface area (Å²) in [6.45, 7) is 7.53. The zero-order valence-electron chi connectivity index (χ0n) is 14.8. The Morgan fingerprint density at radius 1 is 1.38 bits per heavy atom. The molecule has 0 bridgehead atoms. The molecule has 1 atom stereocenters. The third-order valence-electron chi connectivity index (χ3n) is 4.31. The average Bonchev–Trinajstić information content (AvgIpc) is 2.52. The van der Waals surface area contributed by atoms with Crippen LogP contribution in [0.5, 0.6) is 11.5 Å². The number of benzene rings is 1. The molecular formula is C18H26N2O4. The summed E-state index contributed by atoms with van der Waals surface area (Å²) < 4.78 is 17.1. The number of fused-ring (bicyclic) bond motifs is 1. The van der Waals surface area contributed by atoms with E-state index in [0.717, 1.165) is 30.0 Å². The van der Waals surface area contributed by atoms with Crippen molar-refractivity contribution < 1.29 is 19.0 Å². The summed E-state index contributed by atoms with van der Waals surface area (Å²) in [6, 6.07) is 5.74. The van der Waals surface area contributed by atoms with Crippen LogP contribution in [0.2, 0.25) is 0 Å². The zero-order valence-corrected chi connectivity index (χ0v) is 14.8. The lowest BCUT2D eigenvalue weighted by atomic mass is 9.91. The van der Waals surface area contributed by atoms with E-state index in [4.69, 9.17) is 14.2 Å². The molecule has 3 rings (SSSR count). The molecule has 1 fully saturated rings. The number of anilines is 1. The fraction of sp³-hybridized carbons (Fsp3) is 0.611. The fourth-order valence-electron chi connectivity index (χ4n) is 3.19. The third kappa shape index (κ3) is 3.52. The summed E-state index contributed by atoms with van der Waals surface area (Å²) in [7, 11) is 1.64. The van der Waals surface area contributed by atoms with Gasteiger partial charge in [-0.05, 0) is 45.7 Å². The van der Waals surface area contributed by atoms with Gasteiger partial charge in [-0.1, -0.05) is 0 Å². The minimum Gasteiger partial charge on any atom is -0.497 e. The molecule has 6 nitrogen and oxygen atoms in total. The quantitative estimate of drug-likeness (QED) is 0.854. The number of carbonyl (C=O) groups excluding carboxylic acids is 1. The predicted octanol–water partition coefficient (Wildman–Crippen LogP) is 3.27. The minimum atomic E-state index is -0.493. The second kappa shape index (κ2) is 6.07. The molecule has 1 aromatic rings. The molecule has 6 heteroatoms. The number of piperidine rings is 1. The zero-order chi connectivity index (χ0) is 17.4. The number of rotatable bonds is 1. The SMILES string of the molecule is COc1ccc2c(c1)OC1(CCCN(C(=O)OC(C)(C)C)C1)CN2. The van der Waals surface area contributed by atoms with E-state index in [0.29, 0.717) is 19.6 Å². The van der Waals surface area contributed by atoms with Gasteiger partial charge in [-0.2, -0.15) is 0 Å². The van der Waals surface area contributed by atoms with Crippen molar-refractivity contribution in [3.8, 4) is 11.5 Å². The first-order chi connectivity index (χ1) is 11.3. The molecule has 2 aliphatic heterocycles. The number of ether oxygens (including phenoxy) is 3. The lowest BCUT2D eigenvalue weighted by molar-refractivity contribution is -0.0251. The summed E-state index contributed by atoms with van der Waals surface area (Å²) in [4.78, 5) is 14.1. The van der Waals surface area contributed by atoms with Gasteiger partial charge in [-0.25, -0.2) is 4.79 Å². The van der Waals surface area contributed by atoms with Crippen LogP contribution in [0.1, 0.15) is 33.6 Å². The van der Waals surface area contributed by atoms with Crippen molar-refractivity contribution in [2.75, 3.05) is 32.1 Å². The van der Waals surface area contributed by atoms with Gasteiger partial charge in [0.05, 0.1) is 25.9 Å². The largest absolute Gasteiger partial charge is 0.497 e. The molecule has 0 saturated carbocycles. The van der Waals surface area contributed by atoms with Crippen LogP contribution in [-0.4, -0.2) is 48.9 Å². The lowest BCUT2D eigenvalue weighted by Gasteiger charge is -2.45. The van der Waals surface area contributed by atoms with Gasteiger partial charge in [0.25, 0.3) is 0 Å². The minimum absolute atomic E-state index is 0.276. The van der Waals surface area contributed by atoms with Crippen LogP contribution < -0.4 is 14.8 Å². The fourth-order valence-corrected chi connectivity index (χ4v) is 3.19. The van der Waals surface area contributed by atoms with Crippen molar-refractivity contribution in [3.63, 3.8) is 0 Å². The van der Waals surface area contributed by atoms with Crippen LogP contribution in [0.4, 0.5) is 10.5 Å². The first-order valence-corrected chi connectivity index (χ1v) is 8.39. The Morgan fingerprint density at radius 3 is 2.88 bits per heavy atom. The highest BCUT2D eigenvalue weighted by molar-refractivity contribution is 5.68. The maximum atomic E-state index is 12.4. The topological polar surface area (TPSA) is 60.0 Å². The molecule has 1 aromatic carbocycles. The van der Waals surface area contributed by atoms with E-state index in [1.807, 2.05) is 39.0 Å². The Hall–Kier alpha value is -2.11. The second-order valence-corrected chi connectivity index (χ2v) is 7.51. The third-order valence-corrected chi connectivity index (χ3v) is 4.31. The highest BCUT2D eigenvalue weighted by atomic mass is 16.6.